The molecule has 1 aromatic heterocycles. The molecular weight excluding hydrogens is 637 g/mol. The van der Waals surface area contributed by atoms with Crippen molar-refractivity contribution >= 4 is 33.6 Å². The highest BCUT2D eigenvalue weighted by molar-refractivity contribution is 9.10. The Bertz CT molecular complexity index is 1680. The number of carbonyl (C=O) groups excluding carboxylic acids is 2. The Balaban J connectivity index is 1.32. The van der Waals surface area contributed by atoms with Crippen molar-refractivity contribution in [1.29, 1.82) is 0 Å². The molecule has 0 aliphatic carbocycles. The van der Waals surface area contributed by atoms with Crippen molar-refractivity contribution in [1.82, 2.24) is 18.9 Å². The van der Waals surface area contributed by atoms with E-state index in [9.17, 15) is 19.2 Å². The fourth-order valence-corrected chi connectivity index (χ4v) is 6.28. The van der Waals surface area contributed by atoms with Gasteiger partial charge in [-0.25, -0.2) is 14.0 Å². The van der Waals surface area contributed by atoms with Crippen LogP contribution in [0.3, 0.4) is 0 Å². The molecule has 3 amide bonds. The standard InChI is InChI=1S/C31H35BrFN5O6/c1-19(18-43-2)38-29(40)24(23-5-4-6-25(32)28(23)33)16-36(31(38)42)17-27(39)35-12-10-21(11-13-35)37-14-9-20-15-22(44-3)7-8-26(20)34-30(37)41/h4-8,15-16,19,21H,9-14,17-18H2,1-3H3,(H,34,41)/t19-/m1/s1. The summed E-state index contributed by atoms with van der Waals surface area (Å²) in [5.74, 6) is -0.223. The highest BCUT2D eigenvalue weighted by Gasteiger charge is 2.32. The predicted octanol–water partition coefficient (Wildman–Crippen LogP) is 3.88. The zero-order chi connectivity index (χ0) is 31.5. The third kappa shape index (κ3) is 6.29. The highest BCUT2D eigenvalue weighted by atomic mass is 79.9. The summed E-state index contributed by atoms with van der Waals surface area (Å²) in [6.45, 7) is 2.73. The Morgan fingerprint density at radius 3 is 2.55 bits per heavy atom. The summed E-state index contributed by atoms with van der Waals surface area (Å²) >= 11 is 3.15. The second-order valence-electron chi connectivity index (χ2n) is 11.0. The number of likely N-dealkylation sites (tertiary alicyclic amines) is 1. The van der Waals surface area contributed by atoms with Gasteiger partial charge in [0.25, 0.3) is 5.56 Å². The van der Waals surface area contributed by atoms with Gasteiger partial charge in [-0.05, 0) is 71.9 Å². The van der Waals surface area contributed by atoms with Crippen molar-refractivity contribution in [2.24, 2.45) is 0 Å². The zero-order valence-electron chi connectivity index (χ0n) is 24.8. The Morgan fingerprint density at radius 1 is 1.09 bits per heavy atom. The molecule has 44 heavy (non-hydrogen) atoms. The summed E-state index contributed by atoms with van der Waals surface area (Å²) in [5.41, 5.74) is 0.391. The van der Waals surface area contributed by atoms with Crippen LogP contribution in [-0.4, -0.2) is 77.4 Å². The van der Waals surface area contributed by atoms with Gasteiger partial charge in [-0.2, -0.15) is 0 Å². The Morgan fingerprint density at radius 2 is 1.84 bits per heavy atom. The van der Waals surface area contributed by atoms with Crippen molar-refractivity contribution in [2.45, 2.75) is 44.8 Å². The molecule has 0 unspecified atom stereocenters. The smallest absolute Gasteiger partial charge is 0.331 e. The molecule has 2 aromatic carbocycles. The summed E-state index contributed by atoms with van der Waals surface area (Å²) in [7, 11) is 3.06. The molecule has 234 valence electrons. The van der Waals surface area contributed by atoms with E-state index in [1.807, 2.05) is 23.1 Å². The number of fused-ring (bicyclic) bond motifs is 1. The maximum Gasteiger partial charge on any atom is 0.331 e. The van der Waals surface area contributed by atoms with Crippen LogP contribution in [0.1, 0.15) is 31.4 Å². The lowest BCUT2D eigenvalue weighted by Gasteiger charge is -2.38. The second kappa shape index (κ2) is 13.3. The minimum atomic E-state index is -0.681. The molecule has 11 nitrogen and oxygen atoms in total. The van der Waals surface area contributed by atoms with Crippen molar-refractivity contribution < 1.29 is 23.5 Å². The van der Waals surface area contributed by atoms with Crippen molar-refractivity contribution in [3.8, 4) is 16.9 Å². The molecule has 0 bridgehead atoms. The Labute approximate surface area is 262 Å². The normalized spacial score (nSPS) is 16.2. The van der Waals surface area contributed by atoms with E-state index >= 15 is 4.39 Å². The van der Waals surface area contributed by atoms with E-state index in [1.165, 1.54) is 25.4 Å². The predicted molar refractivity (Wildman–Crippen MR) is 167 cm³/mol. The number of nitrogens with zero attached hydrogens (tertiary/aromatic N) is 4. The van der Waals surface area contributed by atoms with Gasteiger partial charge in [-0.15, -0.1) is 0 Å². The lowest BCUT2D eigenvalue weighted by atomic mass is 10.0. The number of hydrogen-bond acceptors (Lipinski definition) is 6. The van der Waals surface area contributed by atoms with E-state index < -0.39 is 23.1 Å². The molecular formula is C31H35BrFN5O6. The van der Waals surface area contributed by atoms with Crippen LogP contribution in [-0.2, 0) is 22.5 Å². The van der Waals surface area contributed by atoms with Gasteiger partial charge >= 0.3 is 11.7 Å². The molecule has 3 heterocycles. The van der Waals surface area contributed by atoms with Gasteiger partial charge in [0.2, 0.25) is 5.91 Å². The number of anilines is 1. The number of urea groups is 1. The van der Waals surface area contributed by atoms with Gasteiger partial charge in [0, 0.05) is 50.2 Å². The third-order valence-electron chi connectivity index (χ3n) is 8.28. The topological polar surface area (TPSA) is 115 Å². The number of rotatable bonds is 8. The first-order valence-corrected chi connectivity index (χ1v) is 15.2. The van der Waals surface area contributed by atoms with Crippen LogP contribution < -0.4 is 21.3 Å². The molecule has 3 aromatic rings. The molecule has 1 fully saturated rings. The molecule has 0 saturated carbocycles. The van der Waals surface area contributed by atoms with E-state index in [0.29, 0.717) is 38.9 Å². The van der Waals surface area contributed by atoms with Crippen molar-refractivity contribution in [2.75, 3.05) is 45.8 Å². The van der Waals surface area contributed by atoms with Crippen LogP contribution in [0.25, 0.3) is 11.1 Å². The number of amides is 3. The van der Waals surface area contributed by atoms with Crippen LogP contribution in [0.5, 0.6) is 5.75 Å². The SMILES string of the molecule is COC[C@@H](C)n1c(=O)c(-c2cccc(Br)c2F)cn(CC(=O)N2CCC(N3CCc4cc(OC)ccc4NC3=O)CC2)c1=O. The highest BCUT2D eigenvalue weighted by Crippen LogP contribution is 2.28. The van der Waals surface area contributed by atoms with E-state index in [0.717, 1.165) is 26.1 Å². The summed E-state index contributed by atoms with van der Waals surface area (Å²) in [6, 6.07) is 9.26. The van der Waals surface area contributed by atoms with E-state index in [2.05, 4.69) is 21.2 Å². The van der Waals surface area contributed by atoms with Crippen molar-refractivity contribution in [3.05, 3.63) is 79.3 Å². The average Bonchev–Trinajstić information content (AvgIpc) is 3.17. The maximum atomic E-state index is 15.1. The van der Waals surface area contributed by atoms with Crippen LogP contribution in [0.2, 0.25) is 0 Å². The van der Waals surface area contributed by atoms with Crippen LogP contribution >= 0.6 is 15.9 Å². The quantitative estimate of drug-likeness (QED) is 0.389. The summed E-state index contributed by atoms with van der Waals surface area (Å²) in [4.78, 5) is 56.9. The monoisotopic (exact) mass is 671 g/mol. The van der Waals surface area contributed by atoms with Crippen molar-refractivity contribution in [3.63, 3.8) is 0 Å². The molecule has 0 radical (unpaired) electrons. The molecule has 1 atom stereocenters. The largest absolute Gasteiger partial charge is 0.497 e. The molecule has 1 N–H and O–H groups in total. The first-order chi connectivity index (χ1) is 21.1. The van der Waals surface area contributed by atoms with E-state index in [-0.39, 0.29) is 46.7 Å². The van der Waals surface area contributed by atoms with Gasteiger partial charge in [0.1, 0.15) is 18.1 Å². The molecule has 13 heteroatoms. The van der Waals surface area contributed by atoms with E-state index in [1.54, 1.807) is 25.0 Å². The number of halogens is 2. The fraction of sp³-hybridized carbons (Fsp3) is 0.419. The Hall–Kier alpha value is -3.97. The summed E-state index contributed by atoms with van der Waals surface area (Å²) in [5, 5.41) is 2.99. The molecule has 2 aliphatic rings. The maximum absolute atomic E-state index is 15.1. The fourth-order valence-electron chi connectivity index (χ4n) is 5.91. The number of carbonyl (C=O) groups is 2. The van der Waals surface area contributed by atoms with Crippen LogP contribution in [0, 0.1) is 5.82 Å². The Kier molecular flexibility index (Phi) is 9.54. The zero-order valence-corrected chi connectivity index (χ0v) is 26.4. The molecule has 0 spiro atoms. The van der Waals surface area contributed by atoms with Gasteiger partial charge < -0.3 is 24.6 Å². The third-order valence-corrected chi connectivity index (χ3v) is 8.89. The molecule has 2 aliphatic heterocycles. The number of benzene rings is 2. The second-order valence-corrected chi connectivity index (χ2v) is 11.9. The molecule has 5 rings (SSSR count). The lowest BCUT2D eigenvalue weighted by Crippen LogP contribution is -2.51. The number of nitrogens with one attached hydrogen (secondary N) is 1. The first kappa shape index (κ1) is 31.5. The number of hydrogen-bond donors (Lipinski definition) is 1. The van der Waals surface area contributed by atoms with Crippen LogP contribution in [0.15, 0.2) is 56.7 Å². The minimum Gasteiger partial charge on any atom is -0.497 e. The summed E-state index contributed by atoms with van der Waals surface area (Å²) < 4.78 is 27.9. The molecule has 1 saturated heterocycles. The van der Waals surface area contributed by atoms with Gasteiger partial charge in [0.05, 0.1) is 29.8 Å². The number of piperidine rings is 1. The van der Waals surface area contributed by atoms with Gasteiger partial charge in [-0.1, -0.05) is 12.1 Å². The minimum absolute atomic E-state index is 0.0149. The summed E-state index contributed by atoms with van der Waals surface area (Å²) in [6.07, 6.45) is 3.08. The number of ether oxygens (including phenoxy) is 2. The first-order valence-electron chi connectivity index (χ1n) is 14.4. The number of methoxy groups -OCH3 is 2. The van der Waals surface area contributed by atoms with E-state index in [4.69, 9.17) is 9.47 Å². The average molecular weight is 673 g/mol. The van der Waals surface area contributed by atoms with Crippen LogP contribution in [0.4, 0.5) is 14.9 Å². The van der Waals surface area contributed by atoms with Gasteiger partial charge in [-0.3, -0.25) is 18.7 Å². The number of aromatic nitrogens is 2. The lowest BCUT2D eigenvalue weighted by molar-refractivity contribution is -0.133. The van der Waals surface area contributed by atoms with Gasteiger partial charge in [0.15, 0.2) is 0 Å².